The Balaban J connectivity index is 1.89. The summed E-state index contributed by atoms with van der Waals surface area (Å²) in [5, 5.41) is 0. The van der Waals surface area contributed by atoms with Gasteiger partial charge in [0.05, 0.1) is 0 Å². The van der Waals surface area contributed by atoms with Crippen LogP contribution < -0.4 is 10.6 Å². The summed E-state index contributed by atoms with van der Waals surface area (Å²) in [4.78, 5) is 9.48. The molecule has 1 saturated heterocycles. The van der Waals surface area contributed by atoms with E-state index in [1.807, 2.05) is 6.20 Å². The maximum atomic E-state index is 5.70. The minimum Gasteiger partial charge on any atom is -0.354 e. The van der Waals surface area contributed by atoms with Crippen LogP contribution in [0.25, 0.3) is 0 Å². The SMILES string of the molecule is CCC(CCN)N1CCN(c2ccc(C)cn2)CC1. The number of aromatic nitrogens is 1. The first-order valence-electron chi connectivity index (χ1n) is 7.36. The fourth-order valence-corrected chi connectivity index (χ4v) is 2.80. The van der Waals surface area contributed by atoms with Crippen molar-refractivity contribution >= 4 is 5.82 Å². The minimum atomic E-state index is 0.651. The Morgan fingerprint density at radius 1 is 1.26 bits per heavy atom. The van der Waals surface area contributed by atoms with Crippen LogP contribution in [-0.2, 0) is 0 Å². The third kappa shape index (κ3) is 3.67. The fraction of sp³-hybridized carbons (Fsp3) is 0.667. The highest BCUT2D eigenvalue weighted by molar-refractivity contribution is 5.39. The van der Waals surface area contributed by atoms with Crippen LogP contribution in [0.15, 0.2) is 18.3 Å². The van der Waals surface area contributed by atoms with Crippen molar-refractivity contribution in [1.29, 1.82) is 0 Å². The van der Waals surface area contributed by atoms with Gasteiger partial charge in [0.15, 0.2) is 0 Å². The quantitative estimate of drug-likeness (QED) is 0.876. The van der Waals surface area contributed by atoms with Crippen molar-refractivity contribution in [1.82, 2.24) is 9.88 Å². The van der Waals surface area contributed by atoms with Gasteiger partial charge in [-0.05, 0) is 37.9 Å². The van der Waals surface area contributed by atoms with Gasteiger partial charge in [-0.15, -0.1) is 0 Å². The molecule has 1 aromatic heterocycles. The lowest BCUT2D eigenvalue weighted by atomic mass is 10.1. The van der Waals surface area contributed by atoms with Crippen LogP contribution in [0.2, 0.25) is 0 Å². The topological polar surface area (TPSA) is 45.4 Å². The summed E-state index contributed by atoms with van der Waals surface area (Å²) in [6.07, 6.45) is 4.25. The van der Waals surface area contributed by atoms with E-state index in [0.29, 0.717) is 6.04 Å². The number of anilines is 1. The van der Waals surface area contributed by atoms with Crippen LogP contribution in [0.5, 0.6) is 0 Å². The number of nitrogens with zero attached hydrogens (tertiary/aromatic N) is 3. The second-order valence-electron chi connectivity index (χ2n) is 5.36. The molecule has 1 aliphatic rings. The van der Waals surface area contributed by atoms with Crippen LogP contribution in [0, 0.1) is 6.92 Å². The molecule has 4 heteroatoms. The molecule has 1 fully saturated rings. The van der Waals surface area contributed by atoms with E-state index in [2.05, 4.69) is 40.8 Å². The van der Waals surface area contributed by atoms with E-state index >= 15 is 0 Å². The van der Waals surface area contributed by atoms with Gasteiger partial charge < -0.3 is 10.6 Å². The molecule has 106 valence electrons. The lowest BCUT2D eigenvalue weighted by Gasteiger charge is -2.39. The highest BCUT2D eigenvalue weighted by atomic mass is 15.3. The Morgan fingerprint density at radius 3 is 2.53 bits per heavy atom. The summed E-state index contributed by atoms with van der Waals surface area (Å²) in [6, 6.07) is 4.92. The van der Waals surface area contributed by atoms with E-state index in [-0.39, 0.29) is 0 Å². The molecule has 1 atom stereocenters. The summed E-state index contributed by atoms with van der Waals surface area (Å²) in [7, 11) is 0. The van der Waals surface area contributed by atoms with Gasteiger partial charge in [-0.25, -0.2) is 4.98 Å². The van der Waals surface area contributed by atoms with E-state index in [4.69, 9.17) is 5.73 Å². The molecule has 4 nitrogen and oxygen atoms in total. The maximum Gasteiger partial charge on any atom is 0.128 e. The van der Waals surface area contributed by atoms with Crippen molar-refractivity contribution < 1.29 is 0 Å². The van der Waals surface area contributed by atoms with Crippen molar-refractivity contribution in [3.05, 3.63) is 23.9 Å². The van der Waals surface area contributed by atoms with Crippen LogP contribution >= 0.6 is 0 Å². The number of nitrogens with two attached hydrogens (primary N) is 1. The molecule has 1 aromatic rings. The van der Waals surface area contributed by atoms with Gasteiger partial charge in [0.2, 0.25) is 0 Å². The van der Waals surface area contributed by atoms with Gasteiger partial charge in [-0.2, -0.15) is 0 Å². The first-order valence-corrected chi connectivity index (χ1v) is 7.36. The van der Waals surface area contributed by atoms with Gasteiger partial charge in [0.25, 0.3) is 0 Å². The van der Waals surface area contributed by atoms with Gasteiger partial charge in [0.1, 0.15) is 5.82 Å². The van der Waals surface area contributed by atoms with Gasteiger partial charge in [-0.3, -0.25) is 4.90 Å². The van der Waals surface area contributed by atoms with Gasteiger partial charge in [0, 0.05) is 38.4 Å². The first kappa shape index (κ1) is 14.3. The molecule has 2 heterocycles. The number of piperazine rings is 1. The predicted octanol–water partition coefficient (Wildman–Crippen LogP) is 1.64. The zero-order valence-electron chi connectivity index (χ0n) is 12.2. The summed E-state index contributed by atoms with van der Waals surface area (Å²) in [5.41, 5.74) is 6.92. The van der Waals surface area contributed by atoms with Crippen LogP contribution in [0.3, 0.4) is 0 Å². The summed E-state index contributed by atoms with van der Waals surface area (Å²) < 4.78 is 0. The van der Waals surface area contributed by atoms with Crippen LogP contribution in [0.4, 0.5) is 5.82 Å². The van der Waals surface area contributed by atoms with Crippen molar-refractivity contribution in [2.45, 2.75) is 32.7 Å². The number of hydrogen-bond acceptors (Lipinski definition) is 4. The minimum absolute atomic E-state index is 0.651. The van der Waals surface area contributed by atoms with Crippen molar-refractivity contribution in [3.8, 4) is 0 Å². The number of aryl methyl sites for hydroxylation is 1. The predicted molar refractivity (Wildman–Crippen MR) is 80.5 cm³/mol. The summed E-state index contributed by atoms with van der Waals surface area (Å²) in [6.45, 7) is 9.50. The molecule has 0 aliphatic carbocycles. The van der Waals surface area contributed by atoms with Gasteiger partial charge in [-0.1, -0.05) is 13.0 Å². The van der Waals surface area contributed by atoms with E-state index in [9.17, 15) is 0 Å². The normalized spacial score (nSPS) is 18.6. The number of rotatable bonds is 5. The number of pyridine rings is 1. The Kier molecular flexibility index (Phi) is 5.16. The zero-order valence-corrected chi connectivity index (χ0v) is 12.2. The molecule has 19 heavy (non-hydrogen) atoms. The highest BCUT2D eigenvalue weighted by Gasteiger charge is 2.22. The van der Waals surface area contributed by atoms with E-state index < -0.39 is 0 Å². The molecule has 1 aliphatic heterocycles. The average molecular weight is 262 g/mol. The summed E-state index contributed by atoms with van der Waals surface area (Å²) in [5.74, 6) is 1.11. The molecule has 0 saturated carbocycles. The fourth-order valence-electron chi connectivity index (χ4n) is 2.80. The summed E-state index contributed by atoms with van der Waals surface area (Å²) >= 11 is 0. The maximum absolute atomic E-state index is 5.70. The van der Waals surface area contributed by atoms with Crippen molar-refractivity contribution in [2.24, 2.45) is 5.73 Å². The van der Waals surface area contributed by atoms with Crippen LogP contribution in [0.1, 0.15) is 25.3 Å². The lowest BCUT2D eigenvalue weighted by molar-refractivity contribution is 0.173. The Morgan fingerprint density at radius 2 is 2.00 bits per heavy atom. The first-order chi connectivity index (χ1) is 9.24. The monoisotopic (exact) mass is 262 g/mol. The molecule has 0 amide bonds. The molecular weight excluding hydrogens is 236 g/mol. The number of hydrogen-bond donors (Lipinski definition) is 1. The van der Waals surface area contributed by atoms with E-state index in [1.54, 1.807) is 0 Å². The van der Waals surface area contributed by atoms with E-state index in [0.717, 1.165) is 45.0 Å². The molecule has 1 unspecified atom stereocenters. The average Bonchev–Trinajstić information content (AvgIpc) is 2.46. The highest BCUT2D eigenvalue weighted by Crippen LogP contribution is 2.17. The zero-order chi connectivity index (χ0) is 13.7. The van der Waals surface area contributed by atoms with Crippen molar-refractivity contribution in [3.63, 3.8) is 0 Å². The Labute approximate surface area is 116 Å². The lowest BCUT2D eigenvalue weighted by Crippen LogP contribution is -2.50. The third-order valence-corrected chi connectivity index (χ3v) is 4.02. The van der Waals surface area contributed by atoms with Gasteiger partial charge >= 0.3 is 0 Å². The second kappa shape index (κ2) is 6.87. The molecule has 2 N–H and O–H groups in total. The molecule has 0 spiro atoms. The van der Waals surface area contributed by atoms with E-state index in [1.165, 1.54) is 12.0 Å². The molecular formula is C15H26N4. The molecule has 0 radical (unpaired) electrons. The second-order valence-corrected chi connectivity index (χ2v) is 5.36. The molecule has 0 bridgehead atoms. The Bertz CT molecular complexity index is 368. The Hall–Kier alpha value is -1.13. The smallest absolute Gasteiger partial charge is 0.128 e. The largest absolute Gasteiger partial charge is 0.354 e. The standard InChI is InChI=1S/C15H26N4/c1-3-14(6-7-16)18-8-10-19(11-9-18)15-5-4-13(2)12-17-15/h4-5,12,14H,3,6-11,16H2,1-2H3. The molecule has 2 rings (SSSR count). The third-order valence-electron chi connectivity index (χ3n) is 4.02. The molecule has 0 aromatic carbocycles. The van der Waals surface area contributed by atoms with Crippen molar-refractivity contribution in [2.75, 3.05) is 37.6 Å². The van der Waals surface area contributed by atoms with Crippen LogP contribution in [-0.4, -0.2) is 48.6 Å².